The predicted molar refractivity (Wildman–Crippen MR) is 59.4 cm³/mol. The van der Waals surface area contributed by atoms with Gasteiger partial charge in [-0.15, -0.1) is 0 Å². The van der Waals surface area contributed by atoms with E-state index in [1.165, 1.54) is 4.90 Å². The minimum atomic E-state index is -0.109. The maximum atomic E-state index is 11.2. The van der Waals surface area contributed by atoms with Crippen molar-refractivity contribution in [2.24, 2.45) is 0 Å². The Morgan fingerprint density at radius 2 is 2.07 bits per heavy atom. The second-order valence-corrected chi connectivity index (χ2v) is 3.52. The van der Waals surface area contributed by atoms with Crippen molar-refractivity contribution in [3.8, 4) is 0 Å². The van der Waals surface area contributed by atoms with Crippen molar-refractivity contribution >= 4 is 24.4 Å². The average molecular weight is 218 g/mol. The monoisotopic (exact) mass is 218 g/mol. The van der Waals surface area contributed by atoms with Crippen molar-refractivity contribution in [2.45, 2.75) is 19.8 Å². The van der Waals surface area contributed by atoms with E-state index in [0.717, 1.165) is 6.42 Å². The Bertz CT molecular complexity index is 197. The molecule has 14 heavy (non-hydrogen) atoms. The van der Waals surface area contributed by atoms with Gasteiger partial charge < -0.3 is 10.2 Å². The summed E-state index contributed by atoms with van der Waals surface area (Å²) in [6.45, 7) is 2.77. The topological polar surface area (TPSA) is 49.4 Å². The fraction of sp³-hybridized carbons (Fsp3) is 0.778. The minimum Gasteiger partial charge on any atom is -0.355 e. The first-order valence-electron chi connectivity index (χ1n) is 4.73. The lowest BCUT2D eigenvalue weighted by molar-refractivity contribution is -0.134. The number of thiol groups is 1. The van der Waals surface area contributed by atoms with Crippen molar-refractivity contribution in [3.63, 3.8) is 0 Å². The van der Waals surface area contributed by atoms with Gasteiger partial charge in [-0.05, 0) is 12.2 Å². The van der Waals surface area contributed by atoms with Crippen molar-refractivity contribution in [1.82, 2.24) is 10.2 Å². The van der Waals surface area contributed by atoms with Gasteiger partial charge in [0.15, 0.2) is 0 Å². The molecule has 0 rings (SSSR count). The highest BCUT2D eigenvalue weighted by molar-refractivity contribution is 7.80. The average Bonchev–Trinajstić information content (AvgIpc) is 2.15. The maximum Gasteiger partial charge on any atom is 0.239 e. The molecule has 4 nitrogen and oxygen atoms in total. The highest BCUT2D eigenvalue weighted by Crippen LogP contribution is 1.92. The molecule has 0 bridgehead atoms. The number of rotatable bonds is 6. The normalized spacial score (nSPS) is 9.64. The fourth-order valence-electron chi connectivity index (χ4n) is 0.910. The van der Waals surface area contributed by atoms with Crippen LogP contribution in [0.5, 0.6) is 0 Å². The van der Waals surface area contributed by atoms with Gasteiger partial charge in [-0.1, -0.05) is 6.92 Å². The van der Waals surface area contributed by atoms with Crippen LogP contribution in [0.25, 0.3) is 0 Å². The zero-order chi connectivity index (χ0) is 11.0. The van der Waals surface area contributed by atoms with Gasteiger partial charge in [-0.3, -0.25) is 9.59 Å². The van der Waals surface area contributed by atoms with Gasteiger partial charge in [-0.2, -0.15) is 12.6 Å². The first-order chi connectivity index (χ1) is 6.61. The first-order valence-corrected chi connectivity index (χ1v) is 5.36. The summed E-state index contributed by atoms with van der Waals surface area (Å²) in [5.74, 6) is 0.355. The van der Waals surface area contributed by atoms with Crippen LogP contribution in [0.4, 0.5) is 0 Å². The molecule has 1 N–H and O–H groups in total. The molecule has 0 saturated carbocycles. The lowest BCUT2D eigenvalue weighted by Gasteiger charge is -2.15. The van der Waals surface area contributed by atoms with Crippen LogP contribution in [-0.4, -0.2) is 42.6 Å². The molecule has 0 unspecified atom stereocenters. The molecule has 0 aliphatic heterocycles. The van der Waals surface area contributed by atoms with Crippen molar-refractivity contribution in [1.29, 1.82) is 0 Å². The fourth-order valence-corrected chi connectivity index (χ4v) is 1.10. The Kier molecular flexibility index (Phi) is 7.28. The van der Waals surface area contributed by atoms with Gasteiger partial charge in [0, 0.05) is 20.0 Å². The summed E-state index contributed by atoms with van der Waals surface area (Å²) in [6, 6.07) is 0. The summed E-state index contributed by atoms with van der Waals surface area (Å²) in [6.07, 6.45) is 1.28. The van der Waals surface area contributed by atoms with Crippen LogP contribution in [0, 0.1) is 0 Å². The Morgan fingerprint density at radius 3 is 2.57 bits per heavy atom. The number of carbonyl (C=O) groups is 2. The Labute approximate surface area is 90.4 Å². The molecule has 0 fully saturated rings. The van der Waals surface area contributed by atoms with E-state index >= 15 is 0 Å². The number of nitrogens with zero attached hydrogens (tertiary/aromatic N) is 1. The molecule has 0 saturated heterocycles. The number of carbonyl (C=O) groups excluding carboxylic acids is 2. The van der Waals surface area contributed by atoms with E-state index in [1.54, 1.807) is 7.05 Å². The largest absolute Gasteiger partial charge is 0.355 e. The third-order valence-electron chi connectivity index (χ3n) is 1.70. The zero-order valence-electron chi connectivity index (χ0n) is 8.75. The second-order valence-electron chi connectivity index (χ2n) is 3.07. The lowest BCUT2D eigenvalue weighted by atomic mass is 10.4. The molecular weight excluding hydrogens is 200 g/mol. The second kappa shape index (κ2) is 7.67. The smallest absolute Gasteiger partial charge is 0.239 e. The SMILES string of the molecule is CCCNC(=O)CN(C)C(=O)CCS. The van der Waals surface area contributed by atoms with Gasteiger partial charge in [0.1, 0.15) is 0 Å². The number of likely N-dealkylation sites (N-methyl/N-ethyl adjacent to an activating group) is 1. The summed E-state index contributed by atoms with van der Waals surface area (Å²) in [5, 5.41) is 2.71. The molecule has 2 amide bonds. The molecular formula is C9H18N2O2S. The molecule has 0 aromatic carbocycles. The molecule has 0 heterocycles. The number of hydrogen-bond acceptors (Lipinski definition) is 3. The van der Waals surface area contributed by atoms with E-state index in [0.29, 0.717) is 18.7 Å². The van der Waals surface area contributed by atoms with Crippen LogP contribution >= 0.6 is 12.6 Å². The van der Waals surface area contributed by atoms with Crippen molar-refractivity contribution in [2.75, 3.05) is 25.9 Å². The molecule has 0 radical (unpaired) electrons. The van der Waals surface area contributed by atoms with Crippen LogP contribution in [0.15, 0.2) is 0 Å². The third-order valence-corrected chi connectivity index (χ3v) is 1.93. The number of hydrogen-bond donors (Lipinski definition) is 2. The highest BCUT2D eigenvalue weighted by Gasteiger charge is 2.10. The molecule has 82 valence electrons. The van der Waals surface area contributed by atoms with Crippen molar-refractivity contribution < 1.29 is 9.59 Å². The summed E-state index contributed by atoms with van der Waals surface area (Å²) in [7, 11) is 1.62. The molecule has 0 aliphatic rings. The van der Waals surface area contributed by atoms with Gasteiger partial charge in [0.05, 0.1) is 6.54 Å². The summed E-state index contributed by atoms with van der Waals surface area (Å²) in [5.41, 5.74) is 0. The third kappa shape index (κ3) is 5.85. The molecule has 0 aromatic rings. The van der Waals surface area contributed by atoms with E-state index in [4.69, 9.17) is 0 Å². The lowest BCUT2D eigenvalue weighted by Crippen LogP contribution is -2.38. The van der Waals surface area contributed by atoms with Gasteiger partial charge in [0.2, 0.25) is 11.8 Å². The zero-order valence-corrected chi connectivity index (χ0v) is 9.64. The number of amides is 2. The molecule has 0 atom stereocenters. The Hall–Kier alpha value is -0.710. The van der Waals surface area contributed by atoms with E-state index in [1.807, 2.05) is 6.92 Å². The van der Waals surface area contributed by atoms with Crippen LogP contribution in [-0.2, 0) is 9.59 Å². The van der Waals surface area contributed by atoms with Crippen LogP contribution in [0.3, 0.4) is 0 Å². The van der Waals surface area contributed by atoms with E-state index in [2.05, 4.69) is 17.9 Å². The summed E-state index contributed by atoms with van der Waals surface area (Å²) < 4.78 is 0. The van der Waals surface area contributed by atoms with Crippen LogP contribution < -0.4 is 5.32 Å². The summed E-state index contributed by atoms with van der Waals surface area (Å²) in [4.78, 5) is 23.9. The predicted octanol–water partition coefficient (Wildman–Crippen LogP) is 0.291. The Balaban J connectivity index is 3.75. The van der Waals surface area contributed by atoms with E-state index < -0.39 is 0 Å². The molecule has 0 aromatic heterocycles. The highest BCUT2D eigenvalue weighted by atomic mass is 32.1. The molecule has 0 aliphatic carbocycles. The van der Waals surface area contributed by atoms with Crippen LogP contribution in [0.1, 0.15) is 19.8 Å². The van der Waals surface area contributed by atoms with E-state index in [-0.39, 0.29) is 18.4 Å². The Morgan fingerprint density at radius 1 is 1.43 bits per heavy atom. The van der Waals surface area contributed by atoms with E-state index in [9.17, 15) is 9.59 Å². The maximum absolute atomic E-state index is 11.2. The van der Waals surface area contributed by atoms with Gasteiger partial charge in [0.25, 0.3) is 0 Å². The van der Waals surface area contributed by atoms with Gasteiger partial charge >= 0.3 is 0 Å². The van der Waals surface area contributed by atoms with Crippen molar-refractivity contribution in [3.05, 3.63) is 0 Å². The first kappa shape index (κ1) is 13.3. The molecule has 5 heteroatoms. The standard InChI is InChI=1S/C9H18N2O2S/c1-3-5-10-8(12)7-11(2)9(13)4-6-14/h14H,3-7H2,1-2H3,(H,10,12). The number of nitrogens with one attached hydrogen (secondary N) is 1. The minimum absolute atomic E-state index is 0.0494. The molecule has 0 spiro atoms. The van der Waals surface area contributed by atoms with Gasteiger partial charge in [-0.25, -0.2) is 0 Å². The van der Waals surface area contributed by atoms with Crippen LogP contribution in [0.2, 0.25) is 0 Å². The quantitative estimate of drug-likeness (QED) is 0.630. The summed E-state index contributed by atoms with van der Waals surface area (Å²) >= 11 is 3.95.